The van der Waals surface area contributed by atoms with Gasteiger partial charge in [-0.25, -0.2) is 0 Å². The van der Waals surface area contributed by atoms with Crippen LogP contribution in [0.5, 0.6) is 0 Å². The molecule has 6 nitrogen and oxygen atoms in total. The first-order valence-corrected chi connectivity index (χ1v) is 24.9. The third kappa shape index (κ3) is 39.7. The van der Waals surface area contributed by atoms with Crippen LogP contribution in [0, 0.1) is 0 Å². The minimum Gasteiger partial charge on any atom is -0.394 e. The molecule has 336 valence electrons. The second-order valence-corrected chi connectivity index (χ2v) is 17.2. The number of hydrogen-bond acceptors (Lipinski definition) is 5. The summed E-state index contributed by atoms with van der Waals surface area (Å²) in [5.74, 6) is -0.660. The molecule has 0 aliphatic rings. The Morgan fingerprint density at radius 3 is 1.18 bits per heavy atom. The van der Waals surface area contributed by atoms with E-state index in [0.29, 0.717) is 12.8 Å². The van der Waals surface area contributed by atoms with Gasteiger partial charge < -0.3 is 25.7 Å². The van der Waals surface area contributed by atoms with E-state index in [-0.39, 0.29) is 6.42 Å². The van der Waals surface area contributed by atoms with Crippen LogP contribution in [0.1, 0.15) is 251 Å². The van der Waals surface area contributed by atoms with Crippen molar-refractivity contribution in [3.8, 4) is 0 Å². The number of carbonyl (C=O) groups is 1. The van der Waals surface area contributed by atoms with Crippen molar-refractivity contribution in [2.45, 2.75) is 276 Å². The zero-order chi connectivity index (χ0) is 41.7. The van der Waals surface area contributed by atoms with E-state index >= 15 is 0 Å². The summed E-state index contributed by atoms with van der Waals surface area (Å²) in [4.78, 5) is 12.4. The maximum absolute atomic E-state index is 12.4. The molecule has 0 saturated carbocycles. The number of aliphatic hydroxyl groups excluding tert-OH is 4. The van der Waals surface area contributed by atoms with E-state index in [1.807, 2.05) is 6.08 Å². The summed E-state index contributed by atoms with van der Waals surface area (Å²) in [5, 5.41) is 43.5. The summed E-state index contributed by atoms with van der Waals surface area (Å²) in [6, 6.07) is -1.03. The maximum atomic E-state index is 12.4. The molecule has 0 fully saturated rings. The lowest BCUT2D eigenvalue weighted by molar-refractivity contribution is -0.132. The standard InChI is InChI=1S/C51H97NO5/c1-3-5-7-9-11-13-15-17-18-19-20-21-22-23-24-25-26-27-28-29-30-31-32-33-35-36-38-40-42-44-48(54)50(56)47(46-53)52-51(57)49(55)45-43-41-39-37-34-16-14-12-10-8-6-4-2/h34,36-38,41,43,47-50,53-56H,3-33,35,39-40,42,44-46H2,1-2H3,(H,52,57)/b37-34-,38-36+,43-41-. The van der Waals surface area contributed by atoms with E-state index in [4.69, 9.17) is 0 Å². The number of nitrogens with one attached hydrogen (secondary N) is 1. The van der Waals surface area contributed by atoms with E-state index in [1.54, 1.807) is 6.08 Å². The fraction of sp³-hybridized carbons (Fsp3) is 0.863. The number of allylic oxidation sites excluding steroid dienone is 5. The van der Waals surface area contributed by atoms with Crippen LogP contribution in [0.2, 0.25) is 0 Å². The largest absolute Gasteiger partial charge is 0.394 e. The van der Waals surface area contributed by atoms with Gasteiger partial charge in [0.15, 0.2) is 0 Å². The highest BCUT2D eigenvalue weighted by Crippen LogP contribution is 2.17. The first-order chi connectivity index (χ1) is 28.0. The average molecular weight is 804 g/mol. The van der Waals surface area contributed by atoms with Gasteiger partial charge in [-0.05, 0) is 51.4 Å². The van der Waals surface area contributed by atoms with Crippen LogP contribution in [0.4, 0.5) is 0 Å². The van der Waals surface area contributed by atoms with Gasteiger partial charge in [-0.2, -0.15) is 0 Å². The van der Waals surface area contributed by atoms with Crippen LogP contribution in [0.15, 0.2) is 36.5 Å². The van der Waals surface area contributed by atoms with Crippen LogP contribution < -0.4 is 5.32 Å². The minimum atomic E-state index is -1.30. The normalized spacial score (nSPS) is 14.3. The Bertz CT molecular complexity index is 904. The monoisotopic (exact) mass is 804 g/mol. The topological polar surface area (TPSA) is 110 Å². The number of rotatable bonds is 45. The SMILES string of the molecule is CCCCCCCC/C=C\C/C=C\CC(O)C(=O)NC(CO)C(O)C(O)CCC/C=C/CCCCCCCCCCCCCCCCCCCCCCCCCC. The Balaban J connectivity index is 3.67. The van der Waals surface area contributed by atoms with E-state index < -0.39 is 36.9 Å². The summed E-state index contributed by atoms with van der Waals surface area (Å²) in [6.45, 7) is 4.01. The Kier molecular flexibility index (Phi) is 44.4. The average Bonchev–Trinajstić information content (AvgIpc) is 3.22. The van der Waals surface area contributed by atoms with Crippen molar-refractivity contribution < 1.29 is 25.2 Å². The highest BCUT2D eigenvalue weighted by molar-refractivity contribution is 5.81. The maximum Gasteiger partial charge on any atom is 0.249 e. The predicted molar refractivity (Wildman–Crippen MR) is 247 cm³/mol. The molecule has 4 unspecified atom stereocenters. The third-order valence-corrected chi connectivity index (χ3v) is 11.6. The summed E-state index contributed by atoms with van der Waals surface area (Å²) in [6.07, 6.45) is 55.2. The molecule has 0 aromatic rings. The fourth-order valence-electron chi connectivity index (χ4n) is 7.63. The number of hydrogen-bond donors (Lipinski definition) is 5. The van der Waals surface area contributed by atoms with Crippen LogP contribution >= 0.6 is 0 Å². The van der Waals surface area contributed by atoms with E-state index in [0.717, 1.165) is 25.7 Å². The van der Waals surface area contributed by atoms with Gasteiger partial charge in [0.1, 0.15) is 12.2 Å². The smallest absolute Gasteiger partial charge is 0.249 e. The van der Waals surface area contributed by atoms with Gasteiger partial charge in [-0.15, -0.1) is 0 Å². The molecule has 0 spiro atoms. The molecule has 0 heterocycles. The van der Waals surface area contributed by atoms with Crippen molar-refractivity contribution in [1.82, 2.24) is 5.32 Å². The molecule has 5 N–H and O–H groups in total. The molecule has 4 atom stereocenters. The first kappa shape index (κ1) is 55.5. The molecular weight excluding hydrogens is 707 g/mol. The van der Waals surface area contributed by atoms with E-state index in [2.05, 4.69) is 43.5 Å². The van der Waals surface area contributed by atoms with Crippen LogP contribution in [-0.2, 0) is 4.79 Å². The lowest BCUT2D eigenvalue weighted by Gasteiger charge is -2.27. The highest BCUT2D eigenvalue weighted by Gasteiger charge is 2.28. The Labute approximate surface area is 354 Å². The Morgan fingerprint density at radius 2 is 0.789 bits per heavy atom. The number of unbranched alkanes of at least 4 members (excludes halogenated alkanes) is 31. The molecule has 0 aromatic heterocycles. The predicted octanol–water partition coefficient (Wildman–Crippen LogP) is 13.7. The third-order valence-electron chi connectivity index (χ3n) is 11.6. The van der Waals surface area contributed by atoms with Gasteiger partial charge in [-0.3, -0.25) is 4.79 Å². The quantitative estimate of drug-likeness (QED) is 0.0311. The van der Waals surface area contributed by atoms with Crippen molar-refractivity contribution in [1.29, 1.82) is 0 Å². The highest BCUT2D eigenvalue weighted by atomic mass is 16.3. The van der Waals surface area contributed by atoms with Crippen LogP contribution in [0.25, 0.3) is 0 Å². The zero-order valence-corrected chi connectivity index (χ0v) is 37.8. The Morgan fingerprint density at radius 1 is 0.456 bits per heavy atom. The van der Waals surface area contributed by atoms with E-state index in [9.17, 15) is 25.2 Å². The van der Waals surface area contributed by atoms with Crippen LogP contribution in [0.3, 0.4) is 0 Å². The molecule has 0 aliphatic carbocycles. The summed E-state index contributed by atoms with van der Waals surface area (Å²) in [5.41, 5.74) is 0. The molecule has 1 amide bonds. The fourth-order valence-corrected chi connectivity index (χ4v) is 7.63. The summed E-state index contributed by atoms with van der Waals surface area (Å²) >= 11 is 0. The first-order valence-electron chi connectivity index (χ1n) is 24.9. The molecule has 0 aliphatic heterocycles. The van der Waals surface area contributed by atoms with Crippen LogP contribution in [-0.4, -0.2) is 57.3 Å². The second kappa shape index (κ2) is 45.6. The van der Waals surface area contributed by atoms with Gasteiger partial charge in [0.25, 0.3) is 0 Å². The molecule has 0 saturated heterocycles. The lowest BCUT2D eigenvalue weighted by Crippen LogP contribution is -2.52. The van der Waals surface area contributed by atoms with Crippen molar-refractivity contribution >= 4 is 5.91 Å². The molecule has 57 heavy (non-hydrogen) atoms. The van der Waals surface area contributed by atoms with Crippen molar-refractivity contribution in [3.63, 3.8) is 0 Å². The molecule has 0 aromatic carbocycles. The van der Waals surface area contributed by atoms with Gasteiger partial charge in [0.05, 0.1) is 18.8 Å². The summed E-state index contributed by atoms with van der Waals surface area (Å²) in [7, 11) is 0. The number of aliphatic hydroxyl groups is 4. The van der Waals surface area contributed by atoms with Gasteiger partial charge in [0, 0.05) is 6.42 Å². The van der Waals surface area contributed by atoms with Crippen molar-refractivity contribution in [2.75, 3.05) is 6.61 Å². The van der Waals surface area contributed by atoms with Crippen molar-refractivity contribution in [2.24, 2.45) is 0 Å². The van der Waals surface area contributed by atoms with Gasteiger partial charge in [0.2, 0.25) is 5.91 Å². The second-order valence-electron chi connectivity index (χ2n) is 17.2. The lowest BCUT2D eigenvalue weighted by atomic mass is 10.0. The summed E-state index contributed by atoms with van der Waals surface area (Å²) < 4.78 is 0. The van der Waals surface area contributed by atoms with E-state index in [1.165, 1.54) is 193 Å². The molecule has 0 radical (unpaired) electrons. The molecular formula is C51H97NO5. The van der Waals surface area contributed by atoms with Gasteiger partial charge >= 0.3 is 0 Å². The zero-order valence-electron chi connectivity index (χ0n) is 37.8. The molecule has 6 heteroatoms. The van der Waals surface area contributed by atoms with Crippen molar-refractivity contribution in [3.05, 3.63) is 36.5 Å². The minimum absolute atomic E-state index is 0.153. The number of amides is 1. The molecule has 0 rings (SSSR count). The van der Waals surface area contributed by atoms with Gasteiger partial charge in [-0.1, -0.05) is 230 Å². The molecule has 0 bridgehead atoms. The number of carbonyl (C=O) groups excluding carboxylic acids is 1. The Hall–Kier alpha value is -1.47.